The van der Waals surface area contributed by atoms with Crippen LogP contribution in [0.25, 0.3) is 0 Å². The van der Waals surface area contributed by atoms with Gasteiger partial charge in [0.1, 0.15) is 11.3 Å². The Morgan fingerprint density at radius 2 is 1.95 bits per heavy atom. The third-order valence-corrected chi connectivity index (χ3v) is 3.55. The molecule has 0 radical (unpaired) electrons. The fraction of sp³-hybridized carbons (Fsp3) is 0.571. The summed E-state index contributed by atoms with van der Waals surface area (Å²) in [5.74, 6) is -0.113. The average Bonchev–Trinajstić information content (AvgIpc) is 2.87. The molecule has 1 aliphatic carbocycles. The summed E-state index contributed by atoms with van der Waals surface area (Å²) in [4.78, 5) is 0. The maximum atomic E-state index is 13.1. The fourth-order valence-electron chi connectivity index (χ4n) is 2.60. The van der Waals surface area contributed by atoms with Gasteiger partial charge in [-0.3, -0.25) is 0 Å². The number of hydrogen-bond donors (Lipinski definition) is 1. The zero-order valence-electron chi connectivity index (χ0n) is 10.9. The van der Waals surface area contributed by atoms with E-state index < -0.39 is 11.7 Å². The molecule has 1 aromatic carbocycles. The first kappa shape index (κ1) is 14.2. The minimum absolute atomic E-state index is 0.113. The molecule has 5 heteroatoms. The SMILES string of the molecule is COc1cccc(CNC2CCCC2)c1C(F)(F)F. The van der Waals surface area contributed by atoms with Crippen LogP contribution in [0.5, 0.6) is 5.75 Å². The highest BCUT2D eigenvalue weighted by atomic mass is 19.4. The Bertz CT molecular complexity index is 425. The Morgan fingerprint density at radius 3 is 2.53 bits per heavy atom. The minimum Gasteiger partial charge on any atom is -0.496 e. The molecule has 2 rings (SSSR count). The first-order chi connectivity index (χ1) is 9.02. The van der Waals surface area contributed by atoms with Gasteiger partial charge in [0, 0.05) is 12.6 Å². The normalized spacial score (nSPS) is 16.8. The average molecular weight is 273 g/mol. The largest absolute Gasteiger partial charge is 0.496 e. The van der Waals surface area contributed by atoms with Gasteiger partial charge in [0.25, 0.3) is 0 Å². The number of methoxy groups -OCH3 is 1. The molecule has 0 atom stereocenters. The van der Waals surface area contributed by atoms with Gasteiger partial charge in [-0.15, -0.1) is 0 Å². The second kappa shape index (κ2) is 5.82. The van der Waals surface area contributed by atoms with E-state index in [9.17, 15) is 13.2 Å². The molecule has 2 nitrogen and oxygen atoms in total. The van der Waals surface area contributed by atoms with Gasteiger partial charge in [-0.25, -0.2) is 0 Å². The lowest BCUT2D eigenvalue weighted by atomic mass is 10.1. The Kier molecular flexibility index (Phi) is 4.34. The molecule has 0 aromatic heterocycles. The zero-order valence-corrected chi connectivity index (χ0v) is 10.9. The van der Waals surface area contributed by atoms with E-state index in [1.807, 2.05) is 0 Å². The van der Waals surface area contributed by atoms with Gasteiger partial charge in [0.15, 0.2) is 0 Å². The minimum atomic E-state index is -4.39. The summed E-state index contributed by atoms with van der Waals surface area (Å²) in [6.07, 6.45) is 0.0136. The maximum Gasteiger partial charge on any atom is 0.420 e. The van der Waals surface area contributed by atoms with Crippen molar-refractivity contribution in [3.05, 3.63) is 29.3 Å². The van der Waals surface area contributed by atoms with Gasteiger partial charge in [-0.05, 0) is 24.5 Å². The number of hydrogen-bond acceptors (Lipinski definition) is 2. The highest BCUT2D eigenvalue weighted by Crippen LogP contribution is 2.38. The van der Waals surface area contributed by atoms with E-state index in [1.165, 1.54) is 19.2 Å². The van der Waals surface area contributed by atoms with Crippen molar-refractivity contribution >= 4 is 0 Å². The molecule has 1 N–H and O–H groups in total. The Labute approximate surface area is 111 Å². The van der Waals surface area contributed by atoms with Gasteiger partial charge in [0.2, 0.25) is 0 Å². The molecule has 0 heterocycles. The van der Waals surface area contributed by atoms with Gasteiger partial charge < -0.3 is 10.1 Å². The highest BCUT2D eigenvalue weighted by molar-refractivity contribution is 5.42. The van der Waals surface area contributed by atoms with Crippen molar-refractivity contribution in [2.45, 2.75) is 44.4 Å². The topological polar surface area (TPSA) is 21.3 Å². The van der Waals surface area contributed by atoms with Crippen molar-refractivity contribution in [3.63, 3.8) is 0 Å². The van der Waals surface area contributed by atoms with Crippen LogP contribution >= 0.6 is 0 Å². The van der Waals surface area contributed by atoms with Crippen LogP contribution < -0.4 is 10.1 Å². The van der Waals surface area contributed by atoms with Gasteiger partial charge >= 0.3 is 6.18 Å². The van der Waals surface area contributed by atoms with Crippen molar-refractivity contribution in [1.29, 1.82) is 0 Å². The molecular weight excluding hydrogens is 255 g/mol. The number of ether oxygens (including phenoxy) is 1. The lowest BCUT2D eigenvalue weighted by Gasteiger charge is -2.18. The monoisotopic (exact) mass is 273 g/mol. The van der Waals surface area contributed by atoms with Crippen LogP contribution in [0.1, 0.15) is 36.8 Å². The number of nitrogens with one attached hydrogen (secondary N) is 1. The smallest absolute Gasteiger partial charge is 0.420 e. The van der Waals surface area contributed by atoms with E-state index in [4.69, 9.17) is 4.74 Å². The van der Waals surface area contributed by atoms with E-state index in [2.05, 4.69) is 5.32 Å². The predicted octanol–water partition coefficient (Wildman–Crippen LogP) is 3.75. The second-order valence-electron chi connectivity index (χ2n) is 4.85. The third-order valence-electron chi connectivity index (χ3n) is 3.55. The summed E-state index contributed by atoms with van der Waals surface area (Å²) in [6, 6.07) is 4.79. The second-order valence-corrected chi connectivity index (χ2v) is 4.85. The molecule has 1 saturated carbocycles. The van der Waals surface area contributed by atoms with E-state index in [1.54, 1.807) is 6.07 Å². The zero-order chi connectivity index (χ0) is 13.9. The van der Waals surface area contributed by atoms with Gasteiger partial charge in [-0.2, -0.15) is 13.2 Å². The van der Waals surface area contributed by atoms with Crippen LogP contribution in [0.3, 0.4) is 0 Å². The summed E-state index contributed by atoms with van der Waals surface area (Å²) in [6.45, 7) is 0.233. The van der Waals surface area contributed by atoms with E-state index >= 15 is 0 Å². The van der Waals surface area contributed by atoms with E-state index in [0.717, 1.165) is 25.7 Å². The first-order valence-corrected chi connectivity index (χ1v) is 6.49. The first-order valence-electron chi connectivity index (χ1n) is 6.49. The summed E-state index contributed by atoms with van der Waals surface area (Å²) in [5.41, 5.74) is -0.415. The highest BCUT2D eigenvalue weighted by Gasteiger charge is 2.36. The lowest BCUT2D eigenvalue weighted by Crippen LogP contribution is -2.26. The molecule has 1 aliphatic rings. The van der Waals surface area contributed by atoms with Crippen LogP contribution in [-0.4, -0.2) is 13.2 Å². The van der Waals surface area contributed by atoms with Crippen molar-refractivity contribution in [2.24, 2.45) is 0 Å². The molecule has 1 fully saturated rings. The molecule has 0 saturated heterocycles. The van der Waals surface area contributed by atoms with Crippen molar-refractivity contribution < 1.29 is 17.9 Å². The van der Waals surface area contributed by atoms with E-state index in [0.29, 0.717) is 6.04 Å². The predicted molar refractivity (Wildman–Crippen MR) is 67.1 cm³/mol. The van der Waals surface area contributed by atoms with Crippen molar-refractivity contribution in [3.8, 4) is 5.75 Å². The van der Waals surface area contributed by atoms with Crippen LogP contribution in [0.4, 0.5) is 13.2 Å². The van der Waals surface area contributed by atoms with Crippen molar-refractivity contribution in [2.75, 3.05) is 7.11 Å². The molecule has 19 heavy (non-hydrogen) atoms. The molecule has 0 aliphatic heterocycles. The Hall–Kier alpha value is -1.23. The Morgan fingerprint density at radius 1 is 1.26 bits per heavy atom. The van der Waals surface area contributed by atoms with E-state index in [-0.39, 0.29) is 17.9 Å². The number of rotatable bonds is 4. The maximum absolute atomic E-state index is 13.1. The Balaban J connectivity index is 2.18. The number of halogens is 3. The summed E-state index contributed by atoms with van der Waals surface area (Å²) in [7, 11) is 1.26. The van der Waals surface area contributed by atoms with Gasteiger partial charge in [-0.1, -0.05) is 25.0 Å². The molecule has 0 spiro atoms. The third kappa shape index (κ3) is 3.41. The molecule has 0 amide bonds. The molecule has 0 unspecified atom stereocenters. The standard InChI is InChI=1S/C14H18F3NO/c1-19-12-8-4-5-10(13(12)14(15,16)17)9-18-11-6-2-3-7-11/h4-5,8,11,18H,2-3,6-7,9H2,1H3. The molecular formula is C14H18F3NO. The van der Waals surface area contributed by atoms with Crippen LogP contribution in [0.2, 0.25) is 0 Å². The summed E-state index contributed by atoms with van der Waals surface area (Å²) in [5, 5.41) is 3.21. The molecule has 0 bridgehead atoms. The van der Waals surface area contributed by atoms with Crippen LogP contribution in [0, 0.1) is 0 Å². The van der Waals surface area contributed by atoms with Crippen molar-refractivity contribution in [1.82, 2.24) is 5.32 Å². The quantitative estimate of drug-likeness (QED) is 0.902. The lowest BCUT2D eigenvalue weighted by molar-refractivity contribution is -0.139. The number of alkyl halides is 3. The summed E-state index contributed by atoms with van der Waals surface area (Å²) >= 11 is 0. The number of benzene rings is 1. The molecule has 106 valence electrons. The summed E-state index contributed by atoms with van der Waals surface area (Å²) < 4.78 is 44.1. The fourth-order valence-corrected chi connectivity index (χ4v) is 2.60. The van der Waals surface area contributed by atoms with Crippen LogP contribution in [0.15, 0.2) is 18.2 Å². The van der Waals surface area contributed by atoms with Gasteiger partial charge in [0.05, 0.1) is 7.11 Å². The van der Waals surface area contributed by atoms with Crippen LogP contribution in [-0.2, 0) is 12.7 Å². The molecule has 1 aromatic rings.